The number of hydrogen-bond acceptors (Lipinski definition) is 6. The maximum atomic E-state index is 13.6. The van der Waals surface area contributed by atoms with Crippen LogP contribution in [0.25, 0.3) is 21.8 Å². The van der Waals surface area contributed by atoms with Crippen LogP contribution in [0.2, 0.25) is 5.02 Å². The molecule has 0 saturated carbocycles. The topological polar surface area (TPSA) is 111 Å². The summed E-state index contributed by atoms with van der Waals surface area (Å²) in [5, 5.41) is 16.0. The predicted octanol–water partition coefficient (Wildman–Crippen LogP) is 3.55. The first-order valence-electron chi connectivity index (χ1n) is 12.7. The van der Waals surface area contributed by atoms with Gasteiger partial charge in [0.05, 0.1) is 53.3 Å². The first kappa shape index (κ1) is 25.9. The summed E-state index contributed by atoms with van der Waals surface area (Å²) in [7, 11) is 0. The van der Waals surface area contributed by atoms with Gasteiger partial charge < -0.3 is 25.0 Å². The van der Waals surface area contributed by atoms with Gasteiger partial charge >= 0.3 is 0 Å². The number of rotatable bonds is 5. The van der Waals surface area contributed by atoms with Crippen LogP contribution < -0.4 is 5.32 Å². The van der Waals surface area contributed by atoms with Gasteiger partial charge in [-0.1, -0.05) is 11.6 Å². The summed E-state index contributed by atoms with van der Waals surface area (Å²) in [5.41, 5.74) is 0.662. The number of nitrogens with zero attached hydrogens (tertiary/aromatic N) is 3. The second kappa shape index (κ2) is 9.54. The third-order valence-electron chi connectivity index (χ3n) is 7.42. The van der Waals surface area contributed by atoms with Crippen LogP contribution in [0, 0.1) is 0 Å². The Labute approximate surface area is 221 Å². The van der Waals surface area contributed by atoms with Gasteiger partial charge in [-0.25, -0.2) is 0 Å². The Hall–Kier alpha value is -2.72. The zero-order chi connectivity index (χ0) is 26.5. The van der Waals surface area contributed by atoms with Crippen molar-refractivity contribution in [1.82, 2.24) is 19.8 Å². The van der Waals surface area contributed by atoms with Crippen molar-refractivity contribution in [2.24, 2.45) is 0 Å². The SMILES string of the molecule is CC1(C)CN(CC(=O)N2CCC[C@H]2C(C)(C)O)[C@H](C(=O)Nc2cc(Cl)cc3c2[nH]c2cnccc23)CO1. The molecule has 198 valence electrons. The molecule has 2 atom stereocenters. The van der Waals surface area contributed by atoms with E-state index in [-0.39, 0.29) is 31.0 Å². The van der Waals surface area contributed by atoms with Crippen LogP contribution in [-0.4, -0.2) is 86.2 Å². The zero-order valence-corrected chi connectivity index (χ0v) is 22.4. The number of likely N-dealkylation sites (tertiary alicyclic amines) is 1. The van der Waals surface area contributed by atoms with E-state index in [0.29, 0.717) is 23.8 Å². The van der Waals surface area contributed by atoms with E-state index in [2.05, 4.69) is 15.3 Å². The molecule has 5 rings (SSSR count). The van der Waals surface area contributed by atoms with Gasteiger partial charge in [-0.15, -0.1) is 0 Å². The fraction of sp³-hybridized carbons (Fsp3) is 0.519. The average molecular weight is 528 g/mol. The van der Waals surface area contributed by atoms with Gasteiger partial charge in [-0.3, -0.25) is 19.5 Å². The lowest BCUT2D eigenvalue weighted by molar-refractivity contribution is -0.152. The lowest BCUT2D eigenvalue weighted by Crippen LogP contribution is -2.61. The van der Waals surface area contributed by atoms with E-state index in [4.69, 9.17) is 16.3 Å². The van der Waals surface area contributed by atoms with Crippen LogP contribution in [0.1, 0.15) is 40.5 Å². The summed E-state index contributed by atoms with van der Waals surface area (Å²) in [6, 6.07) is 4.57. The molecule has 9 nitrogen and oxygen atoms in total. The Bertz CT molecular complexity index is 1350. The Morgan fingerprint density at radius 3 is 2.86 bits per heavy atom. The number of hydrogen-bond donors (Lipinski definition) is 3. The number of morpholine rings is 1. The van der Waals surface area contributed by atoms with E-state index in [1.807, 2.05) is 30.9 Å². The standard InChI is InChI=1S/C27H34ClN5O4/c1-26(2)15-32(13-23(34)33-9-5-6-22(33)27(3,4)36)21(14-37-26)25(35)31-19-11-16(28)10-18-17-7-8-29-12-20(17)30-24(18)19/h7-8,10-12,21-22,30,36H,5-6,9,13-15H2,1-4H3,(H,31,35)/t21-,22-/m0/s1. The van der Waals surface area contributed by atoms with Gasteiger partial charge in [0.25, 0.3) is 0 Å². The number of carbonyl (C=O) groups excluding carboxylic acids is 2. The molecule has 0 aliphatic carbocycles. The van der Waals surface area contributed by atoms with Crippen molar-refractivity contribution in [3.63, 3.8) is 0 Å². The molecule has 3 aromatic rings. The number of fused-ring (bicyclic) bond motifs is 3. The number of anilines is 1. The van der Waals surface area contributed by atoms with Crippen molar-refractivity contribution in [3.8, 4) is 0 Å². The minimum Gasteiger partial charge on any atom is -0.388 e. The molecule has 37 heavy (non-hydrogen) atoms. The molecule has 2 amide bonds. The number of benzene rings is 1. The summed E-state index contributed by atoms with van der Waals surface area (Å²) >= 11 is 6.42. The van der Waals surface area contributed by atoms with Crippen LogP contribution in [0.5, 0.6) is 0 Å². The highest BCUT2D eigenvalue weighted by molar-refractivity contribution is 6.33. The maximum absolute atomic E-state index is 13.6. The highest BCUT2D eigenvalue weighted by Gasteiger charge is 2.42. The minimum atomic E-state index is -0.986. The number of amides is 2. The summed E-state index contributed by atoms with van der Waals surface area (Å²) in [6.07, 6.45) is 5.06. The number of nitrogens with one attached hydrogen (secondary N) is 2. The Balaban J connectivity index is 1.40. The quantitative estimate of drug-likeness (QED) is 0.468. The number of aromatic nitrogens is 2. The van der Waals surface area contributed by atoms with Crippen molar-refractivity contribution >= 4 is 50.9 Å². The lowest BCUT2D eigenvalue weighted by atomic mass is 9.96. The van der Waals surface area contributed by atoms with E-state index in [9.17, 15) is 14.7 Å². The zero-order valence-electron chi connectivity index (χ0n) is 21.7. The maximum Gasteiger partial charge on any atom is 0.244 e. The molecule has 0 bridgehead atoms. The number of H-pyrrole nitrogens is 1. The number of pyridine rings is 1. The van der Waals surface area contributed by atoms with Gasteiger partial charge in [0.15, 0.2) is 0 Å². The van der Waals surface area contributed by atoms with Crippen molar-refractivity contribution < 1.29 is 19.4 Å². The van der Waals surface area contributed by atoms with Crippen LogP contribution >= 0.6 is 11.6 Å². The highest BCUT2D eigenvalue weighted by atomic mass is 35.5. The third-order valence-corrected chi connectivity index (χ3v) is 7.64. The molecule has 0 radical (unpaired) electrons. The largest absolute Gasteiger partial charge is 0.388 e. The summed E-state index contributed by atoms with van der Waals surface area (Å²) < 4.78 is 6.00. The normalized spacial score (nSPS) is 22.6. The molecule has 2 fully saturated rings. The molecule has 0 spiro atoms. The molecule has 0 unspecified atom stereocenters. The number of halogens is 1. The monoisotopic (exact) mass is 527 g/mol. The predicted molar refractivity (Wildman–Crippen MR) is 144 cm³/mol. The second-order valence-corrected chi connectivity index (χ2v) is 11.7. The van der Waals surface area contributed by atoms with Crippen molar-refractivity contribution in [2.45, 2.75) is 63.8 Å². The van der Waals surface area contributed by atoms with Gasteiger partial charge in [-0.05, 0) is 58.7 Å². The van der Waals surface area contributed by atoms with Gasteiger partial charge in [0.1, 0.15) is 6.04 Å². The number of carbonyl (C=O) groups is 2. The first-order valence-corrected chi connectivity index (χ1v) is 13.1. The van der Waals surface area contributed by atoms with Gasteiger partial charge in [-0.2, -0.15) is 0 Å². The molecule has 2 aliphatic rings. The molecule has 10 heteroatoms. The van der Waals surface area contributed by atoms with E-state index >= 15 is 0 Å². The molecular formula is C27H34ClN5O4. The van der Waals surface area contributed by atoms with Crippen LogP contribution in [0.4, 0.5) is 5.69 Å². The molecule has 2 aromatic heterocycles. The smallest absolute Gasteiger partial charge is 0.244 e. The van der Waals surface area contributed by atoms with Crippen LogP contribution in [-0.2, 0) is 14.3 Å². The fourth-order valence-electron chi connectivity index (χ4n) is 5.66. The second-order valence-electron chi connectivity index (χ2n) is 11.3. The molecule has 1 aromatic carbocycles. The Morgan fingerprint density at radius 1 is 1.32 bits per heavy atom. The Kier molecular flexibility index (Phi) is 6.68. The summed E-state index contributed by atoms with van der Waals surface area (Å²) in [5.74, 6) is -0.363. The van der Waals surface area contributed by atoms with Crippen LogP contribution in [0.3, 0.4) is 0 Å². The van der Waals surface area contributed by atoms with E-state index in [1.165, 1.54) is 0 Å². The number of aliphatic hydroxyl groups is 1. The van der Waals surface area contributed by atoms with E-state index < -0.39 is 17.2 Å². The molecule has 3 N–H and O–H groups in total. The fourth-order valence-corrected chi connectivity index (χ4v) is 5.88. The van der Waals surface area contributed by atoms with E-state index in [1.54, 1.807) is 37.2 Å². The van der Waals surface area contributed by atoms with E-state index in [0.717, 1.165) is 34.6 Å². The summed E-state index contributed by atoms with van der Waals surface area (Å²) in [6.45, 7) is 8.63. The molecule has 2 saturated heterocycles. The van der Waals surface area contributed by atoms with Crippen molar-refractivity contribution in [1.29, 1.82) is 0 Å². The summed E-state index contributed by atoms with van der Waals surface area (Å²) in [4.78, 5) is 38.2. The first-order chi connectivity index (χ1) is 17.4. The highest BCUT2D eigenvalue weighted by Crippen LogP contribution is 2.34. The molecule has 2 aliphatic heterocycles. The third kappa shape index (κ3) is 5.18. The minimum absolute atomic E-state index is 0.0699. The van der Waals surface area contributed by atoms with Crippen molar-refractivity contribution in [3.05, 3.63) is 35.6 Å². The Morgan fingerprint density at radius 2 is 2.11 bits per heavy atom. The average Bonchev–Trinajstić information content (AvgIpc) is 3.44. The lowest BCUT2D eigenvalue weighted by Gasteiger charge is -2.43. The van der Waals surface area contributed by atoms with Gasteiger partial charge in [0.2, 0.25) is 11.8 Å². The molecular weight excluding hydrogens is 494 g/mol. The number of aromatic amines is 1. The molecule has 4 heterocycles. The van der Waals surface area contributed by atoms with Crippen LogP contribution in [0.15, 0.2) is 30.6 Å². The number of ether oxygens (including phenoxy) is 1. The van der Waals surface area contributed by atoms with Gasteiger partial charge in [0, 0.05) is 35.1 Å². The van der Waals surface area contributed by atoms with Crippen molar-refractivity contribution in [2.75, 3.05) is 31.6 Å².